The summed E-state index contributed by atoms with van der Waals surface area (Å²) in [4.78, 5) is 24.8. The molecule has 1 amide bonds. The number of benzene rings is 2. The highest BCUT2D eigenvalue weighted by Crippen LogP contribution is 2.38. The van der Waals surface area contributed by atoms with Gasteiger partial charge in [0.15, 0.2) is 12.4 Å². The smallest absolute Gasteiger partial charge is 0.310 e. The van der Waals surface area contributed by atoms with E-state index in [1.165, 1.54) is 29.5 Å². The number of likely N-dealkylation sites (N-methyl/N-ethyl adjacent to an activating group) is 1. The highest BCUT2D eigenvalue weighted by molar-refractivity contribution is 5.88. The predicted molar refractivity (Wildman–Crippen MR) is 122 cm³/mol. The number of carbonyl (C=O) groups excluding carboxylic acids is 1. The number of ether oxygens (including phenoxy) is 1. The SMILES string of the molecule is CCN1c2ccc(/C=N/NC(=O)COc3ccccc3[N+](=O)[O-])cc2C(C)=CC1(C)C. The second-order valence-electron chi connectivity index (χ2n) is 7.81. The third-order valence-corrected chi connectivity index (χ3v) is 5.14. The van der Waals surface area contributed by atoms with Crippen LogP contribution in [0, 0.1) is 10.1 Å². The van der Waals surface area contributed by atoms with Gasteiger partial charge in [0, 0.05) is 23.9 Å². The van der Waals surface area contributed by atoms with Crippen molar-refractivity contribution >= 4 is 29.1 Å². The van der Waals surface area contributed by atoms with Crippen molar-refractivity contribution in [2.24, 2.45) is 5.10 Å². The highest BCUT2D eigenvalue weighted by Gasteiger charge is 2.29. The highest BCUT2D eigenvalue weighted by atomic mass is 16.6. The van der Waals surface area contributed by atoms with Crippen LogP contribution in [0.1, 0.15) is 38.8 Å². The van der Waals surface area contributed by atoms with Crippen molar-refractivity contribution in [3.8, 4) is 5.75 Å². The molecule has 31 heavy (non-hydrogen) atoms. The first-order valence-corrected chi connectivity index (χ1v) is 10.0. The molecule has 1 heterocycles. The number of carbonyl (C=O) groups is 1. The summed E-state index contributed by atoms with van der Waals surface area (Å²) in [6.45, 7) is 9.13. The van der Waals surface area contributed by atoms with Crippen LogP contribution in [0.5, 0.6) is 5.75 Å². The van der Waals surface area contributed by atoms with Crippen molar-refractivity contribution in [2.45, 2.75) is 33.2 Å². The zero-order valence-corrected chi connectivity index (χ0v) is 18.1. The van der Waals surface area contributed by atoms with Gasteiger partial charge >= 0.3 is 5.69 Å². The Labute approximate surface area is 181 Å². The molecule has 0 saturated carbocycles. The van der Waals surface area contributed by atoms with Crippen LogP contribution in [0.25, 0.3) is 5.57 Å². The van der Waals surface area contributed by atoms with E-state index in [9.17, 15) is 14.9 Å². The van der Waals surface area contributed by atoms with Crippen molar-refractivity contribution in [1.29, 1.82) is 0 Å². The Kier molecular flexibility index (Phi) is 6.39. The summed E-state index contributed by atoms with van der Waals surface area (Å²) in [6, 6.07) is 12.0. The van der Waals surface area contributed by atoms with E-state index in [1.807, 2.05) is 12.1 Å². The van der Waals surface area contributed by atoms with Crippen LogP contribution >= 0.6 is 0 Å². The number of nitro groups is 1. The number of rotatable bonds is 7. The molecule has 1 aliphatic rings. The Morgan fingerprint density at radius 1 is 1.29 bits per heavy atom. The fourth-order valence-electron chi connectivity index (χ4n) is 3.84. The van der Waals surface area contributed by atoms with Gasteiger partial charge < -0.3 is 9.64 Å². The van der Waals surface area contributed by atoms with Gasteiger partial charge in [-0.15, -0.1) is 0 Å². The summed E-state index contributed by atoms with van der Waals surface area (Å²) < 4.78 is 5.25. The molecule has 0 unspecified atom stereocenters. The van der Waals surface area contributed by atoms with Crippen LogP contribution in [-0.2, 0) is 4.79 Å². The van der Waals surface area contributed by atoms with Gasteiger partial charge in [0.1, 0.15) is 0 Å². The van der Waals surface area contributed by atoms with Crippen LogP contribution in [0.2, 0.25) is 0 Å². The van der Waals surface area contributed by atoms with E-state index in [4.69, 9.17) is 4.74 Å². The maximum absolute atomic E-state index is 12.0. The van der Waals surface area contributed by atoms with Crippen LogP contribution in [0.4, 0.5) is 11.4 Å². The van der Waals surface area contributed by atoms with E-state index in [1.54, 1.807) is 12.3 Å². The number of allylic oxidation sites excluding steroid dienone is 1. The Bertz CT molecular complexity index is 1060. The number of nitrogens with one attached hydrogen (secondary N) is 1. The van der Waals surface area contributed by atoms with Crippen molar-refractivity contribution in [1.82, 2.24) is 5.43 Å². The van der Waals surface area contributed by atoms with Crippen molar-refractivity contribution < 1.29 is 14.5 Å². The summed E-state index contributed by atoms with van der Waals surface area (Å²) in [5.41, 5.74) is 6.49. The molecule has 2 aromatic rings. The summed E-state index contributed by atoms with van der Waals surface area (Å²) in [5.74, 6) is -0.477. The molecule has 3 rings (SSSR count). The van der Waals surface area contributed by atoms with E-state index >= 15 is 0 Å². The molecular weight excluding hydrogens is 396 g/mol. The average Bonchev–Trinajstić information content (AvgIpc) is 2.72. The standard InChI is InChI=1S/C23H26N4O4/c1-5-26-19-11-10-17(12-18(19)16(2)13-23(26,3)4)14-24-25-22(28)15-31-21-9-7-6-8-20(21)27(29)30/h6-14H,5,15H2,1-4H3,(H,25,28)/b24-14+. The molecule has 0 fully saturated rings. The molecule has 1 N–H and O–H groups in total. The van der Waals surface area contributed by atoms with E-state index < -0.39 is 10.8 Å². The molecule has 0 aliphatic carbocycles. The molecule has 2 aromatic carbocycles. The lowest BCUT2D eigenvalue weighted by Crippen LogP contribution is -2.44. The normalized spacial score (nSPS) is 14.7. The molecule has 1 aliphatic heterocycles. The molecule has 0 radical (unpaired) electrons. The van der Waals surface area contributed by atoms with Gasteiger partial charge in [-0.05, 0) is 57.0 Å². The van der Waals surface area contributed by atoms with Gasteiger partial charge in [-0.25, -0.2) is 5.43 Å². The second kappa shape index (κ2) is 8.99. The first-order valence-electron chi connectivity index (χ1n) is 10.0. The quantitative estimate of drug-likeness (QED) is 0.411. The number of anilines is 1. The predicted octanol–water partition coefficient (Wildman–Crippen LogP) is 4.15. The van der Waals surface area contributed by atoms with Crippen molar-refractivity contribution in [3.05, 3.63) is 69.8 Å². The third-order valence-electron chi connectivity index (χ3n) is 5.14. The van der Waals surface area contributed by atoms with Gasteiger partial charge in [-0.3, -0.25) is 14.9 Å². The van der Waals surface area contributed by atoms with Crippen LogP contribution < -0.4 is 15.1 Å². The monoisotopic (exact) mass is 422 g/mol. The minimum Gasteiger partial charge on any atom is -0.477 e. The maximum Gasteiger partial charge on any atom is 0.310 e. The summed E-state index contributed by atoms with van der Waals surface area (Å²) in [7, 11) is 0. The number of para-hydroxylation sites is 2. The van der Waals surface area contributed by atoms with Crippen LogP contribution in [0.3, 0.4) is 0 Å². The number of hydrazone groups is 1. The lowest BCUT2D eigenvalue weighted by molar-refractivity contribution is -0.385. The largest absolute Gasteiger partial charge is 0.477 e. The topological polar surface area (TPSA) is 97.1 Å². The van der Waals surface area contributed by atoms with Gasteiger partial charge in [0.05, 0.1) is 16.7 Å². The maximum atomic E-state index is 12.0. The molecule has 0 aromatic heterocycles. The molecular formula is C23H26N4O4. The molecule has 0 bridgehead atoms. The number of hydrogen-bond acceptors (Lipinski definition) is 6. The first kappa shape index (κ1) is 22.0. The van der Waals surface area contributed by atoms with E-state index in [0.717, 1.165) is 17.7 Å². The van der Waals surface area contributed by atoms with Crippen molar-refractivity contribution in [2.75, 3.05) is 18.1 Å². The lowest BCUT2D eigenvalue weighted by Gasteiger charge is -2.42. The van der Waals surface area contributed by atoms with Crippen LogP contribution in [-0.4, -0.2) is 35.7 Å². The second-order valence-corrected chi connectivity index (χ2v) is 7.81. The van der Waals surface area contributed by atoms with Gasteiger partial charge in [0.2, 0.25) is 0 Å². The molecule has 8 nitrogen and oxygen atoms in total. The number of fused-ring (bicyclic) bond motifs is 1. The Morgan fingerprint density at radius 3 is 2.74 bits per heavy atom. The van der Waals surface area contributed by atoms with E-state index in [2.05, 4.69) is 55.3 Å². The Morgan fingerprint density at radius 2 is 2.03 bits per heavy atom. The fraction of sp³-hybridized carbons (Fsp3) is 0.304. The van der Waals surface area contributed by atoms with Crippen molar-refractivity contribution in [3.63, 3.8) is 0 Å². The zero-order chi connectivity index (χ0) is 22.6. The lowest BCUT2D eigenvalue weighted by atomic mass is 9.88. The minimum absolute atomic E-state index is 0.0342. The minimum atomic E-state index is -0.557. The number of hydrogen-bond donors (Lipinski definition) is 1. The molecule has 0 spiro atoms. The van der Waals surface area contributed by atoms with E-state index in [0.29, 0.717) is 0 Å². The summed E-state index contributed by atoms with van der Waals surface area (Å²) >= 11 is 0. The van der Waals surface area contributed by atoms with E-state index in [-0.39, 0.29) is 23.6 Å². The molecule has 8 heteroatoms. The van der Waals surface area contributed by atoms with Gasteiger partial charge in [-0.2, -0.15) is 5.10 Å². The Balaban J connectivity index is 1.64. The van der Waals surface area contributed by atoms with Crippen LogP contribution in [0.15, 0.2) is 53.6 Å². The molecule has 162 valence electrons. The Hall–Kier alpha value is -3.68. The number of nitro benzene ring substituents is 1. The van der Waals surface area contributed by atoms with Gasteiger partial charge in [0.25, 0.3) is 5.91 Å². The molecule has 0 atom stereocenters. The third kappa shape index (κ3) is 4.91. The average molecular weight is 422 g/mol. The fourth-order valence-corrected chi connectivity index (χ4v) is 3.84. The number of amides is 1. The zero-order valence-electron chi connectivity index (χ0n) is 18.1. The van der Waals surface area contributed by atoms with Gasteiger partial charge in [-0.1, -0.05) is 24.3 Å². The summed E-state index contributed by atoms with van der Waals surface area (Å²) in [5, 5.41) is 15.0. The molecule has 0 saturated heterocycles. The summed E-state index contributed by atoms with van der Waals surface area (Å²) in [6.07, 6.45) is 3.81. The first-order chi connectivity index (χ1) is 14.7. The number of nitrogens with zero attached hydrogens (tertiary/aromatic N) is 3.